The van der Waals surface area contributed by atoms with Crippen molar-refractivity contribution >= 4 is 14.1 Å². The number of para-hydroxylation sites is 1. The van der Waals surface area contributed by atoms with Gasteiger partial charge in [0.05, 0.1) is 0 Å². The second-order valence-electron chi connectivity index (χ2n) is 6.26. The van der Waals surface area contributed by atoms with E-state index in [4.69, 9.17) is 0 Å². The lowest BCUT2D eigenvalue weighted by molar-refractivity contribution is 0.331. The number of rotatable bonds is 2. The summed E-state index contributed by atoms with van der Waals surface area (Å²) in [6.07, 6.45) is 1.17. The zero-order valence-electron chi connectivity index (χ0n) is 13.2. The van der Waals surface area contributed by atoms with Crippen molar-refractivity contribution in [2.24, 2.45) is 0 Å². The SMILES string of the molecule is CN(C)P1N(c2ccccc2)C[C@@H]2Cc3ccccc3CN21. The van der Waals surface area contributed by atoms with Crippen LogP contribution in [0.3, 0.4) is 0 Å². The molecule has 3 nitrogen and oxygen atoms in total. The average molecular weight is 311 g/mol. The predicted octanol–water partition coefficient (Wildman–Crippen LogP) is 3.72. The van der Waals surface area contributed by atoms with Gasteiger partial charge in [0.1, 0.15) is 8.37 Å². The van der Waals surface area contributed by atoms with Gasteiger partial charge in [0, 0.05) is 24.8 Å². The third-order valence-corrected chi connectivity index (χ3v) is 7.04. The van der Waals surface area contributed by atoms with Crippen LogP contribution in [0.15, 0.2) is 54.6 Å². The number of hydrogen-bond acceptors (Lipinski definition) is 3. The minimum atomic E-state index is -0.426. The van der Waals surface area contributed by atoms with E-state index in [2.05, 4.69) is 82.7 Å². The Bertz CT molecular complexity index is 658. The molecular weight excluding hydrogens is 289 g/mol. The quantitative estimate of drug-likeness (QED) is 0.783. The highest BCUT2D eigenvalue weighted by molar-refractivity contribution is 7.54. The van der Waals surface area contributed by atoms with Crippen molar-refractivity contribution in [1.29, 1.82) is 0 Å². The first kappa shape index (κ1) is 14.2. The summed E-state index contributed by atoms with van der Waals surface area (Å²) in [7, 11) is 4.00. The monoisotopic (exact) mass is 311 g/mol. The summed E-state index contributed by atoms with van der Waals surface area (Å²) < 4.78 is 7.72. The normalized spacial score (nSPS) is 24.4. The molecule has 0 aliphatic carbocycles. The van der Waals surface area contributed by atoms with Gasteiger partial charge < -0.3 is 4.67 Å². The molecule has 1 unspecified atom stereocenters. The summed E-state index contributed by atoms with van der Waals surface area (Å²) in [6, 6.07) is 20.4. The first-order chi connectivity index (χ1) is 10.7. The largest absolute Gasteiger partial charge is 0.324 e. The van der Waals surface area contributed by atoms with Crippen molar-refractivity contribution in [3.05, 3.63) is 65.7 Å². The summed E-state index contributed by atoms with van der Waals surface area (Å²) >= 11 is 0. The third-order valence-electron chi connectivity index (χ3n) is 4.57. The summed E-state index contributed by atoms with van der Waals surface area (Å²) in [5.74, 6) is 0. The van der Waals surface area contributed by atoms with Crippen LogP contribution in [0.4, 0.5) is 5.69 Å². The molecule has 4 rings (SSSR count). The molecule has 2 heterocycles. The minimum absolute atomic E-state index is 0.426. The standard InChI is InChI=1S/C18H22N3P/c1-19(2)22-20-13-16-9-7-6-8-15(16)12-18(20)14-21(22)17-10-4-3-5-11-17/h3-11,18H,12-14H2,1-2H3/t18-,22?/m0/s1. The van der Waals surface area contributed by atoms with Crippen LogP contribution < -0.4 is 4.67 Å². The molecule has 2 atom stereocenters. The fourth-order valence-electron chi connectivity index (χ4n) is 3.61. The van der Waals surface area contributed by atoms with E-state index in [0.29, 0.717) is 6.04 Å². The van der Waals surface area contributed by atoms with Crippen LogP contribution in [0.2, 0.25) is 0 Å². The number of fused-ring (bicyclic) bond motifs is 2. The molecule has 4 heteroatoms. The maximum atomic E-state index is 2.71. The van der Waals surface area contributed by atoms with Crippen molar-refractivity contribution < 1.29 is 0 Å². The van der Waals surface area contributed by atoms with Gasteiger partial charge in [-0.05, 0) is 43.8 Å². The molecule has 0 amide bonds. The fraction of sp³-hybridized carbons (Fsp3) is 0.333. The molecule has 1 fully saturated rings. The van der Waals surface area contributed by atoms with Gasteiger partial charge in [-0.25, -0.2) is 4.67 Å². The van der Waals surface area contributed by atoms with Crippen molar-refractivity contribution in [2.45, 2.75) is 19.0 Å². The van der Waals surface area contributed by atoms with E-state index in [0.717, 1.165) is 13.1 Å². The molecule has 0 bridgehead atoms. The maximum Gasteiger partial charge on any atom is 0.149 e. The van der Waals surface area contributed by atoms with Gasteiger partial charge in [0.15, 0.2) is 0 Å². The molecule has 1 saturated heterocycles. The molecule has 0 radical (unpaired) electrons. The molecule has 2 aliphatic heterocycles. The molecule has 0 N–H and O–H groups in total. The second-order valence-corrected chi connectivity index (χ2v) is 8.59. The Morgan fingerprint density at radius 2 is 1.64 bits per heavy atom. The molecule has 114 valence electrons. The number of nitrogens with zero attached hydrogens (tertiary/aromatic N) is 3. The lowest BCUT2D eigenvalue weighted by Gasteiger charge is -2.38. The average Bonchev–Trinajstić information content (AvgIpc) is 2.92. The van der Waals surface area contributed by atoms with E-state index in [-0.39, 0.29) is 0 Å². The Balaban J connectivity index is 1.69. The van der Waals surface area contributed by atoms with Crippen LogP contribution in [0.25, 0.3) is 0 Å². The molecule has 22 heavy (non-hydrogen) atoms. The molecule has 0 spiro atoms. The Morgan fingerprint density at radius 1 is 0.955 bits per heavy atom. The lowest BCUT2D eigenvalue weighted by atomic mass is 9.96. The highest BCUT2D eigenvalue weighted by atomic mass is 31.2. The van der Waals surface area contributed by atoms with Crippen LogP contribution in [0.1, 0.15) is 11.1 Å². The van der Waals surface area contributed by atoms with Gasteiger partial charge in [-0.3, -0.25) is 4.67 Å². The highest BCUT2D eigenvalue weighted by Gasteiger charge is 2.43. The molecule has 0 aromatic heterocycles. The van der Waals surface area contributed by atoms with Crippen LogP contribution in [-0.2, 0) is 13.0 Å². The molecule has 2 aromatic rings. The van der Waals surface area contributed by atoms with Crippen LogP contribution in [0.5, 0.6) is 0 Å². The van der Waals surface area contributed by atoms with Crippen molar-refractivity contribution in [1.82, 2.24) is 9.34 Å². The Morgan fingerprint density at radius 3 is 2.36 bits per heavy atom. The minimum Gasteiger partial charge on any atom is -0.324 e. The first-order valence-electron chi connectivity index (χ1n) is 7.87. The summed E-state index contributed by atoms with van der Waals surface area (Å²) in [5, 5.41) is 0. The number of benzene rings is 2. The van der Waals surface area contributed by atoms with Crippen molar-refractivity contribution in [3.8, 4) is 0 Å². The van der Waals surface area contributed by atoms with Crippen LogP contribution in [0, 0.1) is 0 Å². The molecule has 2 aliphatic rings. The first-order valence-corrected chi connectivity index (χ1v) is 9.07. The Hall–Kier alpha value is -1.41. The zero-order chi connectivity index (χ0) is 15.1. The topological polar surface area (TPSA) is 9.72 Å². The van der Waals surface area contributed by atoms with Gasteiger partial charge in [0.25, 0.3) is 0 Å². The smallest absolute Gasteiger partial charge is 0.149 e. The van der Waals surface area contributed by atoms with E-state index in [1.807, 2.05) is 0 Å². The van der Waals surface area contributed by atoms with Gasteiger partial charge in [0.2, 0.25) is 0 Å². The summed E-state index contributed by atoms with van der Waals surface area (Å²) in [6.45, 7) is 2.20. The Labute approximate surface area is 134 Å². The van der Waals surface area contributed by atoms with E-state index < -0.39 is 8.37 Å². The maximum absolute atomic E-state index is 2.71. The van der Waals surface area contributed by atoms with Crippen molar-refractivity contribution in [3.63, 3.8) is 0 Å². The van der Waals surface area contributed by atoms with Crippen molar-refractivity contribution in [2.75, 3.05) is 25.3 Å². The van der Waals surface area contributed by atoms with E-state index in [1.54, 1.807) is 0 Å². The molecular formula is C18H22N3P. The van der Waals surface area contributed by atoms with Gasteiger partial charge in [-0.2, -0.15) is 0 Å². The van der Waals surface area contributed by atoms with Crippen LogP contribution in [-0.4, -0.2) is 36.0 Å². The fourth-order valence-corrected chi connectivity index (χ4v) is 6.18. The van der Waals surface area contributed by atoms with Crippen LogP contribution >= 0.6 is 8.37 Å². The Kier molecular flexibility index (Phi) is 3.65. The second kappa shape index (κ2) is 5.66. The number of hydrogen-bond donors (Lipinski definition) is 0. The zero-order valence-corrected chi connectivity index (χ0v) is 14.1. The number of anilines is 1. The third kappa shape index (κ3) is 2.34. The van der Waals surface area contributed by atoms with E-state index >= 15 is 0 Å². The summed E-state index contributed by atoms with van der Waals surface area (Å²) in [4.78, 5) is 0. The molecule has 2 aromatic carbocycles. The van der Waals surface area contributed by atoms with Gasteiger partial charge in [-0.1, -0.05) is 42.5 Å². The van der Waals surface area contributed by atoms with E-state index in [9.17, 15) is 0 Å². The predicted molar refractivity (Wildman–Crippen MR) is 93.9 cm³/mol. The van der Waals surface area contributed by atoms with Gasteiger partial charge in [-0.15, -0.1) is 0 Å². The van der Waals surface area contributed by atoms with Gasteiger partial charge >= 0.3 is 0 Å². The lowest BCUT2D eigenvalue weighted by Crippen LogP contribution is -2.35. The summed E-state index contributed by atoms with van der Waals surface area (Å²) in [5.41, 5.74) is 4.39. The van der Waals surface area contributed by atoms with E-state index in [1.165, 1.54) is 23.2 Å². The molecule has 0 saturated carbocycles. The highest BCUT2D eigenvalue weighted by Crippen LogP contribution is 2.56.